The summed E-state index contributed by atoms with van der Waals surface area (Å²) in [6.45, 7) is 0.190. The maximum absolute atomic E-state index is 13.6. The zero-order valence-electron chi connectivity index (χ0n) is 17.3. The Hall–Kier alpha value is -3.79. The van der Waals surface area contributed by atoms with Crippen molar-refractivity contribution in [2.24, 2.45) is 5.10 Å². The van der Waals surface area contributed by atoms with E-state index in [1.54, 1.807) is 24.3 Å². The number of para-hydroxylation sites is 1. The molecule has 3 rings (SSSR count). The lowest BCUT2D eigenvalue weighted by Gasteiger charge is -2.13. The summed E-state index contributed by atoms with van der Waals surface area (Å²) in [4.78, 5) is 23.8. The standard InChI is InChI=1S/C23H18BrF2N3O4/c1-32-20-11-15(10-17(24)21(20)33-13-14-6-8-16(25)9-7-14)12-27-29-23(31)22(30)28-19-5-3-2-4-18(19)26/h2-12H,13H2,1H3,(H,28,30)(H,29,31)/b27-12+. The molecule has 0 aliphatic heterocycles. The van der Waals surface area contributed by atoms with E-state index in [2.05, 4.69) is 31.8 Å². The maximum atomic E-state index is 13.6. The van der Waals surface area contributed by atoms with Crippen molar-refractivity contribution >= 4 is 39.6 Å². The van der Waals surface area contributed by atoms with Crippen molar-refractivity contribution in [2.75, 3.05) is 12.4 Å². The molecule has 3 aromatic carbocycles. The molecule has 7 nitrogen and oxygen atoms in total. The number of amides is 2. The number of halogens is 3. The van der Waals surface area contributed by atoms with Crippen LogP contribution in [0.1, 0.15) is 11.1 Å². The van der Waals surface area contributed by atoms with Gasteiger partial charge in [0.2, 0.25) is 0 Å². The minimum Gasteiger partial charge on any atom is -0.493 e. The molecule has 0 heterocycles. The van der Waals surface area contributed by atoms with Crippen LogP contribution in [0.5, 0.6) is 11.5 Å². The molecule has 2 N–H and O–H groups in total. The first-order valence-corrected chi connectivity index (χ1v) is 10.3. The van der Waals surface area contributed by atoms with Gasteiger partial charge in [0.1, 0.15) is 18.2 Å². The molecule has 0 unspecified atom stereocenters. The molecule has 0 aromatic heterocycles. The molecule has 3 aromatic rings. The first kappa shape index (κ1) is 23.9. The van der Waals surface area contributed by atoms with E-state index < -0.39 is 17.6 Å². The molecule has 0 atom stereocenters. The number of carbonyl (C=O) groups is 2. The van der Waals surface area contributed by atoms with Crippen LogP contribution < -0.4 is 20.2 Å². The summed E-state index contributed by atoms with van der Waals surface area (Å²) in [6.07, 6.45) is 1.30. The third-order valence-corrected chi connectivity index (χ3v) is 4.85. The Bertz CT molecular complexity index is 1190. The van der Waals surface area contributed by atoms with E-state index in [1.165, 1.54) is 43.7 Å². The number of anilines is 1. The van der Waals surface area contributed by atoms with E-state index in [9.17, 15) is 18.4 Å². The summed E-state index contributed by atoms with van der Waals surface area (Å²) < 4.78 is 38.3. The number of benzene rings is 3. The number of nitrogens with zero attached hydrogens (tertiary/aromatic N) is 1. The van der Waals surface area contributed by atoms with Gasteiger partial charge in [0.15, 0.2) is 11.5 Å². The van der Waals surface area contributed by atoms with Crippen LogP contribution in [-0.4, -0.2) is 25.1 Å². The predicted octanol–water partition coefficient (Wildman–Crippen LogP) is 4.40. The third kappa shape index (κ3) is 6.59. The fourth-order valence-corrected chi connectivity index (χ4v) is 3.22. The second-order valence-corrected chi connectivity index (χ2v) is 7.44. The van der Waals surface area contributed by atoms with Gasteiger partial charge in [-0.2, -0.15) is 5.10 Å². The number of hydrazone groups is 1. The maximum Gasteiger partial charge on any atom is 0.329 e. The van der Waals surface area contributed by atoms with Crippen molar-refractivity contribution in [2.45, 2.75) is 6.61 Å². The first-order valence-electron chi connectivity index (χ1n) is 9.51. The molecule has 10 heteroatoms. The third-order valence-electron chi connectivity index (χ3n) is 4.26. The molecule has 2 amide bonds. The number of methoxy groups -OCH3 is 1. The summed E-state index contributed by atoms with van der Waals surface area (Å²) in [5.41, 5.74) is 3.25. The number of hydrogen-bond donors (Lipinski definition) is 2. The second kappa shape index (κ2) is 11.2. The van der Waals surface area contributed by atoms with Gasteiger partial charge in [-0.1, -0.05) is 24.3 Å². The zero-order chi connectivity index (χ0) is 23.8. The Morgan fingerprint density at radius 2 is 1.79 bits per heavy atom. The minimum absolute atomic E-state index is 0.119. The highest BCUT2D eigenvalue weighted by Crippen LogP contribution is 2.36. The molecule has 0 aliphatic carbocycles. The molecular formula is C23H18BrF2N3O4. The van der Waals surface area contributed by atoms with Crippen LogP contribution in [0.3, 0.4) is 0 Å². The van der Waals surface area contributed by atoms with Gasteiger partial charge in [0, 0.05) is 0 Å². The Morgan fingerprint density at radius 3 is 2.48 bits per heavy atom. The average Bonchev–Trinajstić information content (AvgIpc) is 2.80. The Kier molecular flexibility index (Phi) is 8.09. The molecular weight excluding hydrogens is 500 g/mol. The van der Waals surface area contributed by atoms with Gasteiger partial charge in [0.05, 0.1) is 23.5 Å². The van der Waals surface area contributed by atoms with Crippen LogP contribution in [0, 0.1) is 11.6 Å². The normalized spacial score (nSPS) is 10.7. The lowest BCUT2D eigenvalue weighted by molar-refractivity contribution is -0.136. The highest BCUT2D eigenvalue weighted by molar-refractivity contribution is 9.10. The average molecular weight is 518 g/mol. The molecule has 0 spiro atoms. The van der Waals surface area contributed by atoms with Crippen molar-refractivity contribution in [3.8, 4) is 11.5 Å². The topological polar surface area (TPSA) is 89.0 Å². The second-order valence-electron chi connectivity index (χ2n) is 6.58. The van der Waals surface area contributed by atoms with E-state index in [1.807, 2.05) is 0 Å². The number of ether oxygens (including phenoxy) is 2. The van der Waals surface area contributed by atoms with E-state index in [0.29, 0.717) is 21.5 Å². The molecule has 170 valence electrons. The molecule has 0 radical (unpaired) electrons. The monoisotopic (exact) mass is 517 g/mol. The SMILES string of the molecule is COc1cc(/C=N/NC(=O)C(=O)Nc2ccccc2F)cc(Br)c1OCc1ccc(F)cc1. The van der Waals surface area contributed by atoms with Gasteiger partial charge in [-0.25, -0.2) is 14.2 Å². The Morgan fingerprint density at radius 1 is 1.06 bits per heavy atom. The summed E-state index contributed by atoms with van der Waals surface area (Å²) in [5.74, 6) is -2.33. The predicted molar refractivity (Wildman–Crippen MR) is 122 cm³/mol. The van der Waals surface area contributed by atoms with Crippen molar-refractivity contribution < 1.29 is 27.8 Å². The van der Waals surface area contributed by atoms with Gasteiger partial charge in [-0.05, 0) is 63.5 Å². The molecule has 0 aliphatic rings. The van der Waals surface area contributed by atoms with Gasteiger partial charge >= 0.3 is 11.8 Å². The van der Waals surface area contributed by atoms with Crippen LogP contribution in [0.2, 0.25) is 0 Å². The highest BCUT2D eigenvalue weighted by atomic mass is 79.9. The van der Waals surface area contributed by atoms with Crippen LogP contribution in [0.25, 0.3) is 0 Å². The fraction of sp³-hybridized carbons (Fsp3) is 0.0870. The Balaban J connectivity index is 1.62. The van der Waals surface area contributed by atoms with Crippen LogP contribution in [0.4, 0.5) is 14.5 Å². The number of hydrogen-bond acceptors (Lipinski definition) is 5. The van der Waals surface area contributed by atoms with E-state index >= 15 is 0 Å². The lowest BCUT2D eigenvalue weighted by atomic mass is 10.2. The first-order chi connectivity index (χ1) is 15.9. The van der Waals surface area contributed by atoms with Crippen LogP contribution in [0.15, 0.2) is 70.2 Å². The molecule has 0 saturated heterocycles. The smallest absolute Gasteiger partial charge is 0.329 e. The van der Waals surface area contributed by atoms with E-state index in [0.717, 1.165) is 11.6 Å². The number of nitrogens with one attached hydrogen (secondary N) is 2. The molecule has 0 saturated carbocycles. The van der Waals surface area contributed by atoms with Crippen LogP contribution >= 0.6 is 15.9 Å². The van der Waals surface area contributed by atoms with Crippen molar-refractivity contribution in [1.29, 1.82) is 0 Å². The van der Waals surface area contributed by atoms with E-state index in [-0.39, 0.29) is 18.1 Å². The van der Waals surface area contributed by atoms with Crippen molar-refractivity contribution in [3.05, 3.63) is 87.9 Å². The summed E-state index contributed by atoms with van der Waals surface area (Å²) >= 11 is 3.40. The van der Waals surface area contributed by atoms with Gasteiger partial charge in [-0.15, -0.1) is 0 Å². The Labute approximate surface area is 196 Å². The van der Waals surface area contributed by atoms with Crippen LogP contribution in [-0.2, 0) is 16.2 Å². The van der Waals surface area contributed by atoms with E-state index in [4.69, 9.17) is 9.47 Å². The number of rotatable bonds is 7. The zero-order valence-corrected chi connectivity index (χ0v) is 18.9. The lowest BCUT2D eigenvalue weighted by Crippen LogP contribution is -2.32. The summed E-state index contributed by atoms with van der Waals surface area (Å²) in [5, 5.41) is 5.90. The fourth-order valence-electron chi connectivity index (χ4n) is 2.65. The number of carbonyl (C=O) groups excluding carboxylic acids is 2. The summed E-state index contributed by atoms with van der Waals surface area (Å²) in [6, 6.07) is 14.6. The van der Waals surface area contributed by atoms with Crippen molar-refractivity contribution in [3.63, 3.8) is 0 Å². The molecule has 33 heavy (non-hydrogen) atoms. The minimum atomic E-state index is -1.07. The quantitative estimate of drug-likeness (QED) is 0.276. The van der Waals surface area contributed by atoms with Crippen molar-refractivity contribution in [1.82, 2.24) is 5.43 Å². The molecule has 0 fully saturated rings. The highest BCUT2D eigenvalue weighted by Gasteiger charge is 2.15. The van der Waals surface area contributed by atoms with Gasteiger partial charge in [0.25, 0.3) is 0 Å². The molecule has 0 bridgehead atoms. The largest absolute Gasteiger partial charge is 0.493 e. The van der Waals surface area contributed by atoms with Gasteiger partial charge < -0.3 is 14.8 Å². The summed E-state index contributed by atoms with van der Waals surface area (Å²) in [7, 11) is 1.46. The van der Waals surface area contributed by atoms with Gasteiger partial charge in [-0.3, -0.25) is 9.59 Å².